The molecule has 7 nitrogen and oxygen atoms in total. The maximum atomic E-state index is 13.7. The van der Waals surface area contributed by atoms with Gasteiger partial charge in [0.1, 0.15) is 0 Å². The molecule has 0 aliphatic heterocycles. The van der Waals surface area contributed by atoms with Crippen LogP contribution in [-0.2, 0) is 23.9 Å². The lowest BCUT2D eigenvalue weighted by atomic mass is 10.1. The van der Waals surface area contributed by atoms with Crippen molar-refractivity contribution >= 4 is 5.91 Å². The summed E-state index contributed by atoms with van der Waals surface area (Å²) in [6, 6.07) is 15.1. The zero-order chi connectivity index (χ0) is 25.0. The van der Waals surface area contributed by atoms with Crippen molar-refractivity contribution in [2.24, 2.45) is 0 Å². The number of aryl methyl sites for hydroxylation is 3. The van der Waals surface area contributed by atoms with Crippen LogP contribution in [0.5, 0.6) is 0 Å². The van der Waals surface area contributed by atoms with Crippen LogP contribution in [0.4, 0.5) is 13.2 Å². The van der Waals surface area contributed by atoms with Gasteiger partial charge in [-0.15, -0.1) is 10.2 Å². The Morgan fingerprint density at radius 3 is 2.51 bits per heavy atom. The topological polar surface area (TPSA) is 85.8 Å². The van der Waals surface area contributed by atoms with E-state index >= 15 is 0 Å². The van der Waals surface area contributed by atoms with Crippen LogP contribution < -0.4 is 5.32 Å². The minimum atomic E-state index is -4.57. The zero-order valence-corrected chi connectivity index (χ0v) is 19.3. The Hall–Kier alpha value is -3.95. The fraction of sp³-hybridized carbons (Fsp3) is 0.280. The molecule has 10 heteroatoms. The van der Waals surface area contributed by atoms with Crippen LogP contribution in [0.2, 0.25) is 0 Å². The third-order valence-corrected chi connectivity index (χ3v) is 5.41. The van der Waals surface area contributed by atoms with Gasteiger partial charge in [0.15, 0.2) is 0 Å². The molecular weight excluding hydrogens is 459 g/mol. The number of carbonyl (C=O) groups excluding carboxylic acids is 1. The lowest BCUT2D eigenvalue weighted by molar-refractivity contribution is -0.138. The Labute approximate surface area is 200 Å². The Balaban J connectivity index is 1.34. The molecule has 2 aromatic heterocycles. The number of amides is 1. The summed E-state index contributed by atoms with van der Waals surface area (Å²) in [5.74, 6) is 0.438. The van der Waals surface area contributed by atoms with E-state index in [4.69, 9.17) is 4.42 Å². The minimum Gasteiger partial charge on any atom is -0.421 e. The van der Waals surface area contributed by atoms with Crippen molar-refractivity contribution in [1.82, 2.24) is 25.3 Å². The predicted octanol–water partition coefficient (Wildman–Crippen LogP) is 5.20. The van der Waals surface area contributed by atoms with Gasteiger partial charge in [-0.1, -0.05) is 24.3 Å². The average Bonchev–Trinajstić information content (AvgIpc) is 3.43. The minimum absolute atomic E-state index is 0.0134. The summed E-state index contributed by atoms with van der Waals surface area (Å²) in [5, 5.41) is 14.8. The second-order valence-corrected chi connectivity index (χ2v) is 8.18. The highest BCUT2D eigenvalue weighted by Crippen LogP contribution is 2.33. The van der Waals surface area contributed by atoms with Crippen LogP contribution >= 0.6 is 0 Å². The SMILES string of the molecule is Cc1cc(C)n(-c2ccc(CNC(=O)CCCc3nnc(-c4ccccc4)o3)c(C(F)(F)F)c2)n1. The number of rotatable bonds is 8. The van der Waals surface area contributed by atoms with Gasteiger partial charge >= 0.3 is 6.18 Å². The first kappa shape index (κ1) is 24.2. The fourth-order valence-electron chi connectivity index (χ4n) is 3.74. The van der Waals surface area contributed by atoms with E-state index in [1.807, 2.05) is 30.3 Å². The summed E-state index contributed by atoms with van der Waals surface area (Å²) in [7, 11) is 0. The van der Waals surface area contributed by atoms with E-state index in [1.54, 1.807) is 26.0 Å². The first-order chi connectivity index (χ1) is 16.7. The summed E-state index contributed by atoms with van der Waals surface area (Å²) in [5.41, 5.74) is 1.74. The maximum absolute atomic E-state index is 13.7. The number of carbonyl (C=O) groups is 1. The molecule has 0 bridgehead atoms. The molecule has 2 heterocycles. The Kier molecular flexibility index (Phi) is 6.99. The van der Waals surface area contributed by atoms with E-state index in [9.17, 15) is 18.0 Å². The van der Waals surface area contributed by atoms with Crippen molar-refractivity contribution in [3.05, 3.63) is 83.0 Å². The third kappa shape index (κ3) is 5.95. The second-order valence-electron chi connectivity index (χ2n) is 8.18. The summed E-state index contributed by atoms with van der Waals surface area (Å²) >= 11 is 0. The molecule has 0 fully saturated rings. The van der Waals surface area contributed by atoms with Gasteiger partial charge in [-0.3, -0.25) is 4.79 Å². The van der Waals surface area contributed by atoms with Crippen molar-refractivity contribution in [2.45, 2.75) is 45.8 Å². The van der Waals surface area contributed by atoms with Crippen molar-refractivity contribution in [1.29, 1.82) is 0 Å². The lowest BCUT2D eigenvalue weighted by Gasteiger charge is -2.16. The molecule has 182 valence electrons. The van der Waals surface area contributed by atoms with Gasteiger partial charge in [0, 0.05) is 30.6 Å². The lowest BCUT2D eigenvalue weighted by Crippen LogP contribution is -2.24. The third-order valence-electron chi connectivity index (χ3n) is 5.41. The quantitative estimate of drug-likeness (QED) is 0.373. The Morgan fingerprint density at radius 1 is 1.06 bits per heavy atom. The van der Waals surface area contributed by atoms with Gasteiger partial charge in [-0.25, -0.2) is 4.68 Å². The van der Waals surface area contributed by atoms with Crippen molar-refractivity contribution in [3.8, 4) is 17.1 Å². The average molecular weight is 483 g/mol. The number of benzene rings is 2. The number of alkyl halides is 3. The molecule has 0 atom stereocenters. The highest BCUT2D eigenvalue weighted by Gasteiger charge is 2.34. The molecule has 0 saturated carbocycles. The molecule has 0 unspecified atom stereocenters. The molecule has 2 aromatic carbocycles. The first-order valence-electron chi connectivity index (χ1n) is 11.1. The first-order valence-corrected chi connectivity index (χ1v) is 11.1. The van der Waals surface area contributed by atoms with Gasteiger partial charge in [-0.2, -0.15) is 18.3 Å². The smallest absolute Gasteiger partial charge is 0.416 e. The zero-order valence-electron chi connectivity index (χ0n) is 19.3. The summed E-state index contributed by atoms with van der Waals surface area (Å²) in [4.78, 5) is 12.3. The predicted molar refractivity (Wildman–Crippen MR) is 123 cm³/mol. The van der Waals surface area contributed by atoms with Crippen LogP contribution in [-0.4, -0.2) is 25.9 Å². The monoisotopic (exact) mass is 483 g/mol. The molecule has 35 heavy (non-hydrogen) atoms. The number of nitrogens with one attached hydrogen (secondary N) is 1. The van der Waals surface area contributed by atoms with Gasteiger partial charge < -0.3 is 9.73 Å². The maximum Gasteiger partial charge on any atom is 0.416 e. The van der Waals surface area contributed by atoms with Crippen molar-refractivity contribution < 1.29 is 22.4 Å². The number of nitrogens with zero attached hydrogens (tertiary/aromatic N) is 4. The highest BCUT2D eigenvalue weighted by molar-refractivity contribution is 5.75. The Morgan fingerprint density at radius 2 is 1.83 bits per heavy atom. The van der Waals surface area contributed by atoms with Crippen LogP contribution in [0.3, 0.4) is 0 Å². The van der Waals surface area contributed by atoms with E-state index in [1.165, 1.54) is 10.7 Å². The molecule has 0 aliphatic rings. The van der Waals surface area contributed by atoms with Gasteiger partial charge in [-0.05, 0) is 56.2 Å². The van der Waals surface area contributed by atoms with E-state index in [0.717, 1.165) is 17.3 Å². The molecular formula is C25H24F3N5O2. The fourth-order valence-corrected chi connectivity index (χ4v) is 3.74. The standard InChI is InChI=1S/C25H24F3N5O2/c1-16-13-17(2)33(32-16)20-12-11-19(21(14-20)25(26,27)28)15-29-22(34)9-6-10-23-30-31-24(35-23)18-7-4-3-5-8-18/h3-5,7-8,11-14H,6,9-10,15H2,1-2H3,(H,29,34). The highest BCUT2D eigenvalue weighted by atomic mass is 19.4. The van der Waals surface area contributed by atoms with E-state index in [2.05, 4.69) is 20.6 Å². The molecule has 0 radical (unpaired) electrons. The van der Waals surface area contributed by atoms with Crippen LogP contribution in [0.25, 0.3) is 17.1 Å². The largest absolute Gasteiger partial charge is 0.421 e. The van der Waals surface area contributed by atoms with Gasteiger partial charge in [0.25, 0.3) is 0 Å². The number of aromatic nitrogens is 4. The Bertz CT molecular complexity index is 1310. The summed E-state index contributed by atoms with van der Waals surface area (Å²) in [6.07, 6.45) is -3.64. The van der Waals surface area contributed by atoms with Crippen LogP contribution in [0.1, 0.15) is 41.2 Å². The summed E-state index contributed by atoms with van der Waals surface area (Å²) in [6.45, 7) is 3.32. The van der Waals surface area contributed by atoms with E-state index in [0.29, 0.717) is 36.0 Å². The van der Waals surface area contributed by atoms with E-state index < -0.39 is 11.7 Å². The number of hydrogen-bond donors (Lipinski definition) is 1. The van der Waals surface area contributed by atoms with E-state index in [-0.39, 0.29) is 24.4 Å². The molecule has 1 N–H and O–H groups in total. The molecule has 0 spiro atoms. The van der Waals surface area contributed by atoms with Gasteiger partial charge in [0.2, 0.25) is 17.7 Å². The molecule has 0 aliphatic carbocycles. The van der Waals surface area contributed by atoms with Crippen LogP contribution in [0.15, 0.2) is 59.0 Å². The number of halogens is 3. The molecule has 4 rings (SSSR count). The van der Waals surface area contributed by atoms with Crippen molar-refractivity contribution in [2.75, 3.05) is 0 Å². The summed E-state index contributed by atoms with van der Waals surface area (Å²) < 4.78 is 48.2. The van der Waals surface area contributed by atoms with Crippen LogP contribution in [0, 0.1) is 13.8 Å². The molecule has 4 aromatic rings. The number of hydrogen-bond acceptors (Lipinski definition) is 5. The van der Waals surface area contributed by atoms with Gasteiger partial charge in [0.05, 0.1) is 16.9 Å². The second kappa shape index (κ2) is 10.1. The molecule has 1 amide bonds. The molecule has 0 saturated heterocycles. The van der Waals surface area contributed by atoms with Crippen molar-refractivity contribution in [3.63, 3.8) is 0 Å². The normalized spacial score (nSPS) is 11.6.